The third-order valence-electron chi connectivity index (χ3n) is 4.86. The van der Waals surface area contributed by atoms with E-state index in [4.69, 9.17) is 9.72 Å². The van der Waals surface area contributed by atoms with E-state index < -0.39 is 11.4 Å². The monoisotopic (exact) mass is 399 g/mol. The van der Waals surface area contributed by atoms with Crippen LogP contribution in [0.2, 0.25) is 0 Å². The molecule has 0 bridgehead atoms. The van der Waals surface area contributed by atoms with E-state index in [2.05, 4.69) is 35.7 Å². The average molecular weight is 400 g/mol. The lowest BCUT2D eigenvalue weighted by molar-refractivity contribution is 0.399. The third kappa shape index (κ3) is 3.95. The van der Waals surface area contributed by atoms with Crippen molar-refractivity contribution < 1.29 is 9.29 Å². The molecule has 1 aromatic carbocycles. The minimum atomic E-state index is -1.16. The normalized spacial score (nSPS) is 14.4. The molecule has 1 N–H and O–H groups in total. The summed E-state index contributed by atoms with van der Waals surface area (Å²) in [4.78, 5) is 9.36. The SMILES string of the molecule is CCc1nc2c([C@@H](C)N[S@+]([O-])C(C)(C)C)cc(C)cc2c2cc(OC)ncc12. The fourth-order valence-electron chi connectivity index (χ4n) is 3.33. The summed E-state index contributed by atoms with van der Waals surface area (Å²) in [6, 6.07) is 6.17. The van der Waals surface area contributed by atoms with Gasteiger partial charge in [-0.2, -0.15) is 0 Å². The Morgan fingerprint density at radius 3 is 2.50 bits per heavy atom. The summed E-state index contributed by atoms with van der Waals surface area (Å²) in [5.74, 6) is 0.588. The molecular weight excluding hydrogens is 370 g/mol. The Kier molecular flexibility index (Phi) is 5.84. The van der Waals surface area contributed by atoms with Gasteiger partial charge >= 0.3 is 0 Å². The first-order chi connectivity index (χ1) is 13.2. The van der Waals surface area contributed by atoms with Crippen molar-refractivity contribution in [1.82, 2.24) is 14.7 Å². The molecule has 0 saturated carbocycles. The number of methoxy groups -OCH3 is 1. The third-order valence-corrected chi connectivity index (χ3v) is 6.54. The number of aryl methyl sites for hydroxylation is 2. The number of nitrogens with one attached hydrogen (secondary N) is 1. The molecule has 6 heteroatoms. The van der Waals surface area contributed by atoms with E-state index in [-0.39, 0.29) is 10.8 Å². The number of rotatable bonds is 5. The Labute approximate surface area is 170 Å². The molecule has 2 heterocycles. The molecule has 150 valence electrons. The fourth-order valence-corrected chi connectivity index (χ4v) is 4.13. The first-order valence-electron chi connectivity index (χ1n) is 9.60. The van der Waals surface area contributed by atoms with Crippen molar-refractivity contribution in [2.45, 2.75) is 58.8 Å². The first kappa shape index (κ1) is 20.8. The van der Waals surface area contributed by atoms with Gasteiger partial charge in [0, 0.05) is 34.4 Å². The Balaban J connectivity index is 2.25. The smallest absolute Gasteiger partial charge is 0.213 e. The number of aromatic nitrogens is 2. The van der Waals surface area contributed by atoms with Gasteiger partial charge in [-0.1, -0.05) is 18.6 Å². The van der Waals surface area contributed by atoms with Gasteiger partial charge in [0.05, 0.1) is 24.4 Å². The van der Waals surface area contributed by atoms with Crippen LogP contribution in [-0.2, 0) is 17.8 Å². The minimum Gasteiger partial charge on any atom is -0.598 e. The van der Waals surface area contributed by atoms with Crippen molar-refractivity contribution in [3.05, 3.63) is 41.2 Å². The zero-order chi connectivity index (χ0) is 20.6. The number of hydrogen-bond donors (Lipinski definition) is 1. The van der Waals surface area contributed by atoms with E-state index in [0.717, 1.165) is 44.9 Å². The molecule has 0 aliphatic carbocycles. The van der Waals surface area contributed by atoms with Crippen molar-refractivity contribution in [2.24, 2.45) is 0 Å². The van der Waals surface area contributed by atoms with Gasteiger partial charge in [0.1, 0.15) is 4.75 Å². The molecule has 3 aromatic rings. The standard InChI is InChI=1S/C22H29N3O2S/c1-8-19-18-12-23-20(27-7)11-16(18)17-10-13(2)9-15(21(17)24-19)14(3)25-28(26)22(4,5)6/h9-12,14,25H,8H2,1-7H3/t14-,28-/m1/s1. The predicted octanol–water partition coefficient (Wildman–Crippen LogP) is 4.78. The highest BCUT2D eigenvalue weighted by atomic mass is 32.2. The van der Waals surface area contributed by atoms with E-state index in [1.54, 1.807) is 7.11 Å². The second-order valence-electron chi connectivity index (χ2n) is 8.16. The van der Waals surface area contributed by atoms with Crippen LogP contribution in [0.15, 0.2) is 24.4 Å². The maximum absolute atomic E-state index is 12.6. The van der Waals surface area contributed by atoms with Gasteiger partial charge in [-0.3, -0.25) is 4.98 Å². The van der Waals surface area contributed by atoms with Crippen LogP contribution in [0.3, 0.4) is 0 Å². The van der Waals surface area contributed by atoms with E-state index in [1.807, 2.05) is 40.0 Å². The molecule has 28 heavy (non-hydrogen) atoms. The second kappa shape index (κ2) is 7.85. The lowest BCUT2D eigenvalue weighted by Crippen LogP contribution is -2.40. The molecule has 0 saturated heterocycles. The highest BCUT2D eigenvalue weighted by Gasteiger charge is 2.29. The summed E-state index contributed by atoms with van der Waals surface area (Å²) in [6.07, 6.45) is 2.65. The molecule has 3 rings (SSSR count). The van der Waals surface area contributed by atoms with Crippen molar-refractivity contribution in [1.29, 1.82) is 0 Å². The van der Waals surface area contributed by atoms with Crippen LogP contribution in [0.4, 0.5) is 0 Å². The zero-order valence-corrected chi connectivity index (χ0v) is 18.5. The molecule has 0 spiro atoms. The van der Waals surface area contributed by atoms with Gasteiger partial charge in [0.15, 0.2) is 0 Å². The van der Waals surface area contributed by atoms with E-state index in [0.29, 0.717) is 5.88 Å². The van der Waals surface area contributed by atoms with Crippen LogP contribution in [0.5, 0.6) is 5.88 Å². The quantitative estimate of drug-likeness (QED) is 0.494. The van der Waals surface area contributed by atoms with E-state index in [1.165, 1.54) is 0 Å². The molecule has 2 aromatic heterocycles. The Morgan fingerprint density at radius 1 is 1.18 bits per heavy atom. The van der Waals surface area contributed by atoms with Gasteiger partial charge in [-0.15, -0.1) is 4.72 Å². The molecule has 2 atom stereocenters. The highest BCUT2D eigenvalue weighted by Crippen LogP contribution is 2.34. The van der Waals surface area contributed by atoms with Gasteiger partial charge in [-0.25, -0.2) is 4.98 Å². The maximum atomic E-state index is 12.6. The van der Waals surface area contributed by atoms with Crippen LogP contribution in [-0.4, -0.2) is 26.4 Å². The van der Waals surface area contributed by atoms with E-state index in [9.17, 15) is 4.55 Å². The fraction of sp³-hybridized carbons (Fsp3) is 0.455. The first-order valence-corrected chi connectivity index (χ1v) is 10.8. The molecule has 0 aliphatic heterocycles. The average Bonchev–Trinajstić information content (AvgIpc) is 2.65. The number of hydrogen-bond acceptors (Lipinski definition) is 5. The van der Waals surface area contributed by atoms with Crippen molar-refractivity contribution >= 4 is 33.0 Å². The van der Waals surface area contributed by atoms with Gasteiger partial charge < -0.3 is 9.29 Å². The summed E-state index contributed by atoms with van der Waals surface area (Å²) in [5, 5.41) is 3.20. The van der Waals surface area contributed by atoms with Crippen LogP contribution >= 0.6 is 0 Å². The Morgan fingerprint density at radius 2 is 1.89 bits per heavy atom. The van der Waals surface area contributed by atoms with Crippen LogP contribution < -0.4 is 9.46 Å². The molecule has 0 unspecified atom stereocenters. The number of pyridine rings is 2. The van der Waals surface area contributed by atoms with E-state index >= 15 is 0 Å². The summed E-state index contributed by atoms with van der Waals surface area (Å²) < 4.78 is 20.9. The Hall–Kier alpha value is -1.89. The summed E-state index contributed by atoms with van der Waals surface area (Å²) in [6.45, 7) is 12.1. The predicted molar refractivity (Wildman–Crippen MR) is 117 cm³/mol. The lowest BCUT2D eigenvalue weighted by Gasteiger charge is -2.27. The summed E-state index contributed by atoms with van der Waals surface area (Å²) >= 11 is -1.16. The highest BCUT2D eigenvalue weighted by molar-refractivity contribution is 7.90. The molecule has 0 amide bonds. The van der Waals surface area contributed by atoms with Crippen LogP contribution in [0.1, 0.15) is 57.5 Å². The minimum absolute atomic E-state index is 0.0964. The second-order valence-corrected chi connectivity index (χ2v) is 10.2. The van der Waals surface area contributed by atoms with Gasteiger partial charge in [0.25, 0.3) is 0 Å². The molecule has 0 fully saturated rings. The Bertz CT molecular complexity index is 1010. The van der Waals surface area contributed by atoms with Crippen molar-refractivity contribution in [2.75, 3.05) is 7.11 Å². The molecular formula is C22H29N3O2S. The van der Waals surface area contributed by atoms with Gasteiger partial charge in [-0.05, 0) is 58.1 Å². The topological polar surface area (TPSA) is 70.1 Å². The lowest BCUT2D eigenvalue weighted by atomic mass is 9.97. The largest absolute Gasteiger partial charge is 0.598 e. The molecule has 0 aliphatic rings. The zero-order valence-electron chi connectivity index (χ0n) is 17.7. The number of fused-ring (bicyclic) bond motifs is 3. The number of ether oxygens (including phenoxy) is 1. The van der Waals surface area contributed by atoms with Crippen LogP contribution in [0, 0.1) is 6.92 Å². The van der Waals surface area contributed by atoms with Gasteiger partial charge in [0.2, 0.25) is 5.88 Å². The van der Waals surface area contributed by atoms with Crippen molar-refractivity contribution in [3.8, 4) is 5.88 Å². The summed E-state index contributed by atoms with van der Waals surface area (Å²) in [7, 11) is 1.63. The molecule has 5 nitrogen and oxygen atoms in total. The van der Waals surface area contributed by atoms with Crippen molar-refractivity contribution in [3.63, 3.8) is 0 Å². The number of nitrogens with zero attached hydrogens (tertiary/aromatic N) is 2. The van der Waals surface area contributed by atoms with Crippen LogP contribution in [0.25, 0.3) is 21.7 Å². The summed E-state index contributed by atoms with van der Waals surface area (Å²) in [5.41, 5.74) is 4.14. The number of benzene rings is 1. The maximum Gasteiger partial charge on any atom is 0.213 e. The molecule has 0 radical (unpaired) electrons.